The number of sulfonamides is 1. The highest BCUT2D eigenvalue weighted by Crippen LogP contribution is 2.17. The lowest BCUT2D eigenvalue weighted by molar-refractivity contribution is 0.600. The van der Waals surface area contributed by atoms with Crippen molar-refractivity contribution >= 4 is 15.8 Å². The topological polar surface area (TPSA) is 84.8 Å². The molecule has 0 saturated heterocycles. The minimum atomic E-state index is -3.66. The largest absolute Gasteiger partial charge is 0.264 e. The lowest BCUT2D eigenvalue weighted by atomic mass is 10.2. The third-order valence-electron chi connectivity index (χ3n) is 2.31. The van der Waals surface area contributed by atoms with Crippen LogP contribution in [0.4, 0.5) is 5.82 Å². The van der Waals surface area contributed by atoms with Gasteiger partial charge >= 0.3 is 0 Å². The monoisotopic (exact) mass is 264 g/mol. The van der Waals surface area contributed by atoms with Crippen LogP contribution in [-0.2, 0) is 10.0 Å². The molecule has 6 nitrogen and oxygen atoms in total. The van der Waals surface area contributed by atoms with Crippen molar-refractivity contribution in [2.24, 2.45) is 0 Å². The summed E-state index contributed by atoms with van der Waals surface area (Å²) in [5.74, 6) is 0.227. The van der Waals surface area contributed by atoms with Gasteiger partial charge in [0.2, 0.25) is 0 Å². The van der Waals surface area contributed by atoms with Gasteiger partial charge in [-0.25, -0.2) is 18.4 Å². The van der Waals surface area contributed by atoms with E-state index in [1.54, 1.807) is 19.9 Å². The number of anilines is 1. The molecule has 2 aromatic heterocycles. The van der Waals surface area contributed by atoms with E-state index >= 15 is 0 Å². The second-order valence-corrected chi connectivity index (χ2v) is 5.44. The molecule has 94 valence electrons. The van der Waals surface area contributed by atoms with Crippen molar-refractivity contribution in [1.82, 2.24) is 15.0 Å². The van der Waals surface area contributed by atoms with Crippen molar-refractivity contribution in [1.29, 1.82) is 0 Å². The van der Waals surface area contributed by atoms with E-state index in [0.717, 1.165) is 5.69 Å². The molecule has 0 atom stereocenters. The van der Waals surface area contributed by atoms with Crippen molar-refractivity contribution < 1.29 is 8.42 Å². The Morgan fingerprint density at radius 1 is 1.22 bits per heavy atom. The quantitative estimate of drug-likeness (QED) is 0.902. The molecule has 0 unspecified atom stereocenters. The van der Waals surface area contributed by atoms with E-state index in [4.69, 9.17) is 0 Å². The number of rotatable bonds is 3. The summed E-state index contributed by atoms with van der Waals surface area (Å²) in [5, 5.41) is 0. The Morgan fingerprint density at radius 2 is 2.00 bits per heavy atom. The van der Waals surface area contributed by atoms with Crippen molar-refractivity contribution in [2.45, 2.75) is 18.7 Å². The highest BCUT2D eigenvalue weighted by atomic mass is 32.2. The second-order valence-electron chi connectivity index (χ2n) is 3.79. The summed E-state index contributed by atoms with van der Waals surface area (Å²) in [6.07, 6.45) is 4.08. The molecule has 0 spiro atoms. The molecule has 0 radical (unpaired) electrons. The summed E-state index contributed by atoms with van der Waals surface area (Å²) in [6.45, 7) is 3.53. The Kier molecular flexibility index (Phi) is 3.24. The van der Waals surface area contributed by atoms with Crippen LogP contribution in [0.5, 0.6) is 0 Å². The lowest BCUT2D eigenvalue weighted by Gasteiger charge is -2.09. The molecule has 1 N–H and O–H groups in total. The number of nitrogens with zero attached hydrogens (tertiary/aromatic N) is 3. The molecule has 0 aliphatic rings. The minimum absolute atomic E-state index is 0.145. The third kappa shape index (κ3) is 2.62. The van der Waals surface area contributed by atoms with E-state index in [1.807, 2.05) is 0 Å². The van der Waals surface area contributed by atoms with Crippen LogP contribution in [0.3, 0.4) is 0 Å². The third-order valence-corrected chi connectivity index (χ3v) is 3.79. The molecule has 0 bridgehead atoms. The molecular weight excluding hydrogens is 252 g/mol. The number of nitrogens with one attached hydrogen (secondary N) is 1. The lowest BCUT2D eigenvalue weighted by Crippen LogP contribution is -2.15. The van der Waals surface area contributed by atoms with Gasteiger partial charge in [0.1, 0.15) is 17.0 Å². The normalized spacial score (nSPS) is 11.2. The number of hydrogen-bond donors (Lipinski definition) is 1. The van der Waals surface area contributed by atoms with E-state index in [2.05, 4.69) is 19.7 Å². The Balaban J connectivity index is 2.37. The number of aryl methyl sites for hydroxylation is 2. The molecule has 2 heterocycles. The average molecular weight is 264 g/mol. The van der Waals surface area contributed by atoms with E-state index in [0.29, 0.717) is 5.56 Å². The summed E-state index contributed by atoms with van der Waals surface area (Å²) in [6, 6.07) is 3.20. The smallest absolute Gasteiger partial charge is 0.263 e. The molecular formula is C11H12N4O2S. The zero-order chi connectivity index (χ0) is 13.2. The fourth-order valence-corrected chi connectivity index (χ4v) is 2.69. The Hall–Kier alpha value is -2.02. The molecule has 0 amide bonds. The first-order valence-electron chi connectivity index (χ1n) is 5.21. The predicted molar refractivity (Wildman–Crippen MR) is 66.6 cm³/mol. The van der Waals surface area contributed by atoms with E-state index in [1.165, 1.54) is 24.8 Å². The summed E-state index contributed by atoms with van der Waals surface area (Å²) >= 11 is 0. The van der Waals surface area contributed by atoms with Crippen LogP contribution in [0.25, 0.3) is 0 Å². The van der Waals surface area contributed by atoms with Crippen LogP contribution in [0.2, 0.25) is 0 Å². The molecule has 2 aromatic rings. The fraction of sp³-hybridized carbons (Fsp3) is 0.182. The zero-order valence-corrected chi connectivity index (χ0v) is 10.8. The predicted octanol–water partition coefficient (Wildman–Crippen LogP) is 1.29. The molecule has 2 rings (SSSR count). The van der Waals surface area contributed by atoms with Gasteiger partial charge in [0.25, 0.3) is 10.0 Å². The van der Waals surface area contributed by atoms with Crippen LogP contribution in [0.15, 0.2) is 35.7 Å². The number of hydrogen-bond acceptors (Lipinski definition) is 5. The highest BCUT2D eigenvalue weighted by molar-refractivity contribution is 7.92. The Morgan fingerprint density at radius 3 is 2.61 bits per heavy atom. The van der Waals surface area contributed by atoms with Crippen LogP contribution in [0, 0.1) is 13.8 Å². The molecule has 0 saturated carbocycles. The van der Waals surface area contributed by atoms with Crippen LogP contribution in [-0.4, -0.2) is 23.4 Å². The summed E-state index contributed by atoms with van der Waals surface area (Å²) in [7, 11) is -3.66. The van der Waals surface area contributed by atoms with Gasteiger partial charge in [-0.15, -0.1) is 0 Å². The first-order valence-corrected chi connectivity index (χ1v) is 6.69. The molecule has 0 aliphatic heterocycles. The first-order chi connectivity index (χ1) is 8.49. The van der Waals surface area contributed by atoms with E-state index < -0.39 is 10.0 Å². The van der Waals surface area contributed by atoms with Gasteiger partial charge in [-0.1, -0.05) is 0 Å². The van der Waals surface area contributed by atoms with Crippen molar-refractivity contribution in [3.05, 3.63) is 42.1 Å². The first kappa shape index (κ1) is 12.4. The Labute approximate surface area is 105 Å². The van der Waals surface area contributed by atoms with Crippen molar-refractivity contribution in [3.63, 3.8) is 0 Å². The van der Waals surface area contributed by atoms with Gasteiger partial charge in [0, 0.05) is 18.1 Å². The fourth-order valence-electron chi connectivity index (χ4n) is 1.51. The van der Waals surface area contributed by atoms with Crippen molar-refractivity contribution in [3.8, 4) is 0 Å². The molecule has 7 heteroatoms. The maximum Gasteiger partial charge on any atom is 0.264 e. The van der Waals surface area contributed by atoms with Crippen LogP contribution in [0.1, 0.15) is 11.3 Å². The average Bonchev–Trinajstić information content (AvgIpc) is 2.29. The van der Waals surface area contributed by atoms with Crippen LogP contribution < -0.4 is 4.72 Å². The summed E-state index contributed by atoms with van der Waals surface area (Å²) in [4.78, 5) is 11.7. The number of aromatic nitrogens is 3. The minimum Gasteiger partial charge on any atom is -0.263 e. The van der Waals surface area contributed by atoms with Gasteiger partial charge in [0.15, 0.2) is 0 Å². The standard InChI is InChI=1S/C11H12N4O2S/c1-8-5-9(2)13-6-10(8)18(16,17)15-11-3-4-12-7-14-11/h3-7H,1-2H3,(H,12,14,15). The van der Waals surface area contributed by atoms with Crippen LogP contribution >= 0.6 is 0 Å². The summed E-state index contributed by atoms with van der Waals surface area (Å²) < 4.78 is 26.6. The molecule has 0 aromatic carbocycles. The van der Waals surface area contributed by atoms with E-state index in [-0.39, 0.29) is 10.7 Å². The van der Waals surface area contributed by atoms with Crippen molar-refractivity contribution in [2.75, 3.05) is 4.72 Å². The maximum absolute atomic E-state index is 12.1. The van der Waals surface area contributed by atoms with E-state index in [9.17, 15) is 8.42 Å². The molecule has 0 aliphatic carbocycles. The highest BCUT2D eigenvalue weighted by Gasteiger charge is 2.17. The maximum atomic E-state index is 12.1. The summed E-state index contributed by atoms with van der Waals surface area (Å²) in [5.41, 5.74) is 1.41. The second kappa shape index (κ2) is 4.69. The van der Waals surface area contributed by atoms with Gasteiger partial charge in [0.05, 0.1) is 0 Å². The Bertz CT molecular complexity index is 656. The van der Waals surface area contributed by atoms with Gasteiger partial charge in [-0.05, 0) is 31.5 Å². The SMILES string of the molecule is Cc1cc(C)c(S(=O)(=O)Nc2ccncn2)cn1. The number of pyridine rings is 1. The van der Waals surface area contributed by atoms with Gasteiger partial charge in [-0.3, -0.25) is 9.71 Å². The molecule has 18 heavy (non-hydrogen) atoms. The zero-order valence-electron chi connectivity index (χ0n) is 9.95. The van der Waals surface area contributed by atoms with Gasteiger partial charge in [-0.2, -0.15) is 0 Å². The molecule has 0 fully saturated rings. The van der Waals surface area contributed by atoms with Gasteiger partial charge < -0.3 is 0 Å².